The van der Waals surface area contributed by atoms with Gasteiger partial charge in [0, 0.05) is 37.2 Å². The highest BCUT2D eigenvalue weighted by atomic mass is 33.1. The molecule has 0 aliphatic carbocycles. The van der Waals surface area contributed by atoms with Gasteiger partial charge in [0.25, 0.3) is 0 Å². The van der Waals surface area contributed by atoms with E-state index in [0.717, 1.165) is 21.6 Å². The lowest BCUT2D eigenvalue weighted by atomic mass is 9.99. The number of carbonyl (C=O) groups is 14. The number of thioether (sulfide) groups is 1. The van der Waals surface area contributed by atoms with Gasteiger partial charge < -0.3 is 90.8 Å². The number of hydrogen-bond donors (Lipinski definition) is 17. The highest BCUT2D eigenvalue weighted by Gasteiger charge is 2.37. The number of aromatic hydroxyl groups is 2. The summed E-state index contributed by atoms with van der Waals surface area (Å²) < 4.78 is 0. The van der Waals surface area contributed by atoms with Crippen LogP contribution in [0.3, 0.4) is 0 Å². The zero-order chi connectivity index (χ0) is 67.4. The SMILES string of the molecule is CSCCC1NC(=O)CNC(=O)[C@H](C(C)C)NC(=O)C(CC(N)=O)NC(=O)[C@H](CCC(=O)O)NC(=O)C(Cc2ccc(O)cc2)NC(=O)[C@H](CC(C)C)NC(=O)[C@H](CCC(=O)O)NC(=O)[C@@H](N)CSSC[C@@H](C(N)=O)NC(=O)C(Cc2ccc(O)cc2)NC1=O. The number of rotatable bonds is 19. The maximum absolute atomic E-state index is 14.4. The van der Waals surface area contributed by atoms with E-state index >= 15 is 0 Å². The van der Waals surface area contributed by atoms with E-state index < -0.39 is 188 Å². The van der Waals surface area contributed by atoms with Crippen molar-refractivity contribution in [2.24, 2.45) is 29.0 Å². The maximum Gasteiger partial charge on any atom is 0.303 e. The predicted molar refractivity (Wildman–Crippen MR) is 331 cm³/mol. The normalized spacial score (nSPS) is 24.1. The summed E-state index contributed by atoms with van der Waals surface area (Å²) in [5.74, 6) is -16.7. The molecule has 4 unspecified atom stereocenters. The molecule has 3 rings (SSSR count). The number of primary amides is 2. The molecule has 12 amide bonds. The van der Waals surface area contributed by atoms with Crippen LogP contribution in [0.1, 0.15) is 83.8 Å². The third kappa shape index (κ3) is 27.6. The summed E-state index contributed by atoms with van der Waals surface area (Å²) in [4.78, 5) is 189. The van der Waals surface area contributed by atoms with Gasteiger partial charge in [-0.3, -0.25) is 67.1 Å². The lowest BCUT2D eigenvalue weighted by Crippen LogP contribution is -2.61. The predicted octanol–water partition coefficient (Wildman–Crippen LogP) is -3.37. The fourth-order valence-corrected chi connectivity index (χ4v) is 11.3. The van der Waals surface area contributed by atoms with Gasteiger partial charge in [-0.25, -0.2) is 0 Å². The Morgan fingerprint density at radius 2 is 0.944 bits per heavy atom. The Labute approximate surface area is 530 Å². The number of benzene rings is 2. The van der Waals surface area contributed by atoms with Crippen LogP contribution in [0, 0.1) is 11.8 Å². The molecule has 31 nitrogen and oxygen atoms in total. The van der Waals surface area contributed by atoms with Crippen LogP contribution >= 0.6 is 33.3 Å². The topological polar surface area (TPSA) is 518 Å². The maximum atomic E-state index is 14.4. The first kappa shape index (κ1) is 75.9. The number of carbonyl (C=O) groups excluding carboxylic acids is 12. The molecule has 1 heterocycles. The Hall–Kier alpha value is -8.37. The number of aliphatic carboxylic acids is 2. The Bertz CT molecular complexity index is 2870. The lowest BCUT2D eigenvalue weighted by molar-refractivity contribution is -0.139. The summed E-state index contributed by atoms with van der Waals surface area (Å²) in [6.07, 6.45) is -2.52. The molecule has 10 atom stereocenters. The minimum atomic E-state index is -1.90. The van der Waals surface area contributed by atoms with Crippen molar-refractivity contribution in [3.63, 3.8) is 0 Å². The molecule has 0 spiro atoms. The molecule has 1 saturated heterocycles. The van der Waals surface area contributed by atoms with E-state index in [9.17, 15) is 87.5 Å². The van der Waals surface area contributed by atoms with Crippen LogP contribution in [-0.4, -0.2) is 194 Å². The molecular formula is C56H81N13O18S3. The van der Waals surface area contributed by atoms with Crippen molar-refractivity contribution >= 4 is 116 Å². The number of nitrogens with one attached hydrogen (secondary N) is 10. The highest BCUT2D eigenvalue weighted by molar-refractivity contribution is 8.76. The van der Waals surface area contributed by atoms with Gasteiger partial charge in [-0.05, 0) is 84.9 Å². The van der Waals surface area contributed by atoms with Gasteiger partial charge in [0.1, 0.15) is 65.9 Å². The van der Waals surface area contributed by atoms with Gasteiger partial charge in [-0.1, -0.05) is 73.5 Å². The van der Waals surface area contributed by atoms with Crippen LogP contribution in [0.4, 0.5) is 0 Å². The second-order valence-electron chi connectivity index (χ2n) is 21.8. The minimum Gasteiger partial charge on any atom is -0.508 e. The summed E-state index contributed by atoms with van der Waals surface area (Å²) in [6.45, 7) is 5.57. The molecule has 1 aliphatic heterocycles. The van der Waals surface area contributed by atoms with E-state index in [2.05, 4.69) is 53.2 Å². The number of carboxylic acids is 2. The Balaban J connectivity index is 2.16. The smallest absolute Gasteiger partial charge is 0.303 e. The van der Waals surface area contributed by atoms with Gasteiger partial charge in [0.05, 0.1) is 19.0 Å². The summed E-state index contributed by atoms with van der Waals surface area (Å²) in [7, 11) is 1.89. The summed E-state index contributed by atoms with van der Waals surface area (Å²) in [5.41, 5.74) is 18.2. The molecular weight excluding hydrogens is 1240 g/mol. The summed E-state index contributed by atoms with van der Waals surface area (Å²) in [5, 5.41) is 63.8. The first-order valence-corrected chi connectivity index (χ1v) is 32.3. The molecule has 20 N–H and O–H groups in total. The molecule has 0 radical (unpaired) electrons. The van der Waals surface area contributed by atoms with Crippen molar-refractivity contribution in [2.75, 3.05) is 30.1 Å². The number of phenolic OH excluding ortho intramolecular Hbond substituents is 2. The fraction of sp³-hybridized carbons (Fsp3) is 0.536. The van der Waals surface area contributed by atoms with E-state index in [1.54, 1.807) is 20.1 Å². The number of carboxylic acid groups (broad SMARTS) is 2. The molecule has 0 saturated carbocycles. The van der Waals surface area contributed by atoms with Gasteiger partial charge in [0.2, 0.25) is 70.9 Å². The number of hydrogen-bond acceptors (Lipinski definition) is 20. The average molecular weight is 1320 g/mol. The van der Waals surface area contributed by atoms with Crippen LogP contribution in [0.15, 0.2) is 48.5 Å². The van der Waals surface area contributed by atoms with E-state index in [-0.39, 0.29) is 54.6 Å². The second kappa shape index (κ2) is 38.2. The fourth-order valence-electron chi connectivity index (χ4n) is 8.58. The third-order valence-electron chi connectivity index (χ3n) is 13.5. The van der Waals surface area contributed by atoms with Crippen LogP contribution in [0.5, 0.6) is 11.5 Å². The van der Waals surface area contributed by atoms with Crippen molar-refractivity contribution < 1.29 is 87.5 Å². The van der Waals surface area contributed by atoms with Crippen LogP contribution in [0.2, 0.25) is 0 Å². The van der Waals surface area contributed by atoms with Crippen molar-refractivity contribution in [3.05, 3.63) is 59.7 Å². The third-order valence-corrected chi connectivity index (χ3v) is 16.5. The van der Waals surface area contributed by atoms with Crippen molar-refractivity contribution in [1.29, 1.82) is 0 Å². The quantitative estimate of drug-likeness (QED) is 0.0611. The Kier molecular flexibility index (Phi) is 32.2. The first-order chi connectivity index (χ1) is 42.4. The molecule has 496 valence electrons. The molecule has 2 aromatic carbocycles. The van der Waals surface area contributed by atoms with Crippen LogP contribution in [0.25, 0.3) is 0 Å². The minimum absolute atomic E-state index is 0.0113. The Morgan fingerprint density at radius 3 is 1.40 bits per heavy atom. The van der Waals surface area contributed by atoms with Gasteiger partial charge in [-0.2, -0.15) is 11.8 Å². The van der Waals surface area contributed by atoms with Gasteiger partial charge >= 0.3 is 11.9 Å². The van der Waals surface area contributed by atoms with E-state index in [4.69, 9.17) is 17.2 Å². The number of amides is 12. The van der Waals surface area contributed by atoms with Crippen LogP contribution < -0.4 is 70.4 Å². The van der Waals surface area contributed by atoms with Crippen LogP contribution in [-0.2, 0) is 80.0 Å². The largest absolute Gasteiger partial charge is 0.508 e. The molecule has 34 heteroatoms. The molecule has 90 heavy (non-hydrogen) atoms. The summed E-state index contributed by atoms with van der Waals surface area (Å²) >= 11 is 1.31. The molecule has 0 aromatic heterocycles. The van der Waals surface area contributed by atoms with Crippen molar-refractivity contribution in [1.82, 2.24) is 53.2 Å². The van der Waals surface area contributed by atoms with Crippen molar-refractivity contribution in [2.45, 2.75) is 146 Å². The number of phenols is 2. The highest BCUT2D eigenvalue weighted by Crippen LogP contribution is 2.23. The van der Waals surface area contributed by atoms with E-state index in [0.29, 0.717) is 16.9 Å². The molecule has 1 aliphatic rings. The van der Waals surface area contributed by atoms with Crippen molar-refractivity contribution in [3.8, 4) is 11.5 Å². The summed E-state index contributed by atoms with van der Waals surface area (Å²) in [6, 6.07) is -4.74. The van der Waals surface area contributed by atoms with Gasteiger partial charge in [-0.15, -0.1) is 0 Å². The molecule has 2 aromatic rings. The molecule has 1 fully saturated rings. The lowest BCUT2D eigenvalue weighted by Gasteiger charge is -2.28. The monoisotopic (exact) mass is 1320 g/mol. The Morgan fingerprint density at radius 1 is 0.533 bits per heavy atom. The zero-order valence-corrected chi connectivity index (χ0v) is 52.7. The zero-order valence-electron chi connectivity index (χ0n) is 50.2. The number of nitrogens with two attached hydrogens (primary N) is 3. The standard InChI is InChI=1S/C56H81N13O18S3/c1-27(2)20-37-52(83)66-38(21-29-6-10-31(70)11-7-29)53(84)63-35(15-17-45(76)77)50(81)67-40(23-42(58)72)55(86)69-46(28(3)4)56(87)60-24-43(73)61-36(18-19-88-5)51(82)65-39(22-30-8-12-32(71)13-9-30)54(85)68-41(47(59)78)26-90-89-25-33(57)48(79)62-34(49(80)64-37)14-16-44(74)75/h6-13,27-28,33-41,46,70-71H,14-26,57H2,1-5H3,(H2,58,72)(H2,59,78)(H,60,87)(H,61,73)(H,62,79)(H,63,84)(H,64,80)(H,65,82)(H,66,83)(H,67,81)(H,68,85)(H,69,86)(H,74,75)(H,76,77)/t33-,34-,35-,36?,37-,38?,39?,40?,41-,46-/m0/s1. The average Bonchev–Trinajstić information content (AvgIpc) is 1.56. The second-order valence-corrected chi connectivity index (χ2v) is 25.3. The first-order valence-electron chi connectivity index (χ1n) is 28.4. The van der Waals surface area contributed by atoms with Gasteiger partial charge in [0.15, 0.2) is 0 Å². The molecule has 0 bridgehead atoms. The van der Waals surface area contributed by atoms with E-state index in [1.807, 2.05) is 0 Å². The van der Waals surface area contributed by atoms with E-state index in [1.165, 1.54) is 74.1 Å².